The van der Waals surface area contributed by atoms with Crippen molar-refractivity contribution in [1.82, 2.24) is 10.6 Å². The van der Waals surface area contributed by atoms with Gasteiger partial charge in [-0.3, -0.25) is 0 Å². The van der Waals surface area contributed by atoms with Crippen LogP contribution in [0, 0.1) is 17.1 Å². The molecule has 0 aromatic heterocycles. The zero-order valence-corrected chi connectivity index (χ0v) is 16.3. The topological polar surface area (TPSA) is 111 Å². The van der Waals surface area contributed by atoms with E-state index < -0.39 is 21.7 Å². The van der Waals surface area contributed by atoms with Crippen LogP contribution in [0.1, 0.15) is 24.1 Å². The Morgan fingerprint density at radius 1 is 1.18 bits per heavy atom. The number of nitrogens with zero attached hydrogens (tertiary/aromatic N) is 1. The van der Waals surface area contributed by atoms with E-state index in [-0.39, 0.29) is 23.0 Å². The van der Waals surface area contributed by atoms with Gasteiger partial charge in [0, 0.05) is 19.3 Å². The van der Waals surface area contributed by atoms with E-state index in [0.29, 0.717) is 12.2 Å². The number of halogens is 1. The van der Waals surface area contributed by atoms with Gasteiger partial charge in [0.15, 0.2) is 9.84 Å². The molecule has 2 rings (SSSR count). The lowest BCUT2D eigenvalue weighted by Crippen LogP contribution is -2.39. The number of carbonyl (C=O) groups is 1. The maximum atomic E-state index is 13.5. The number of benzene rings is 2. The van der Waals surface area contributed by atoms with Crippen LogP contribution in [0.2, 0.25) is 0 Å². The third kappa shape index (κ3) is 5.69. The monoisotopic (exact) mass is 404 g/mol. The van der Waals surface area contributed by atoms with Gasteiger partial charge in [-0.25, -0.2) is 17.6 Å². The Morgan fingerprint density at radius 2 is 1.86 bits per heavy atom. The first-order valence-electron chi connectivity index (χ1n) is 8.49. The number of urea groups is 1. The minimum atomic E-state index is -3.26. The number of nitrogens with one attached hydrogen (secondary N) is 3. The van der Waals surface area contributed by atoms with Crippen LogP contribution in [0.5, 0.6) is 0 Å². The van der Waals surface area contributed by atoms with Crippen molar-refractivity contribution < 1.29 is 17.6 Å². The summed E-state index contributed by atoms with van der Waals surface area (Å²) >= 11 is 0. The summed E-state index contributed by atoms with van der Waals surface area (Å²) < 4.78 is 36.5. The van der Waals surface area contributed by atoms with Crippen LogP contribution < -0.4 is 16.0 Å². The molecule has 3 N–H and O–H groups in total. The predicted octanol–water partition coefficient (Wildman–Crippen LogP) is 2.57. The summed E-state index contributed by atoms with van der Waals surface area (Å²) in [5.41, 5.74) is 1.06. The molecule has 2 aromatic carbocycles. The normalized spacial score (nSPS) is 11.9. The van der Waals surface area contributed by atoms with Crippen LogP contribution in [0.15, 0.2) is 47.4 Å². The van der Waals surface area contributed by atoms with Crippen LogP contribution in [0.4, 0.5) is 14.9 Å². The van der Waals surface area contributed by atoms with Gasteiger partial charge in [0.2, 0.25) is 0 Å². The van der Waals surface area contributed by atoms with Gasteiger partial charge in [0.1, 0.15) is 17.4 Å². The molecule has 0 bridgehead atoms. The first-order chi connectivity index (χ1) is 13.2. The fourth-order valence-corrected chi connectivity index (χ4v) is 3.12. The summed E-state index contributed by atoms with van der Waals surface area (Å²) in [6.45, 7) is 2.34. The summed E-state index contributed by atoms with van der Waals surface area (Å²) in [5, 5.41) is 17.3. The van der Waals surface area contributed by atoms with Gasteiger partial charge in [-0.2, -0.15) is 5.26 Å². The molecular weight excluding hydrogens is 383 g/mol. The highest BCUT2D eigenvalue weighted by Gasteiger charge is 2.12. The first kappa shape index (κ1) is 21.2. The third-order valence-corrected chi connectivity index (χ3v) is 5.14. The lowest BCUT2D eigenvalue weighted by atomic mass is 10.1. The van der Waals surface area contributed by atoms with Crippen molar-refractivity contribution in [3.63, 3.8) is 0 Å². The van der Waals surface area contributed by atoms with E-state index in [1.807, 2.05) is 0 Å². The van der Waals surface area contributed by atoms with Crippen molar-refractivity contribution in [3.05, 3.63) is 59.4 Å². The highest BCUT2D eigenvalue weighted by atomic mass is 32.2. The number of nitriles is 1. The average molecular weight is 404 g/mol. The van der Waals surface area contributed by atoms with Gasteiger partial charge in [-0.05, 0) is 36.8 Å². The zero-order valence-electron chi connectivity index (χ0n) is 15.5. The summed E-state index contributed by atoms with van der Waals surface area (Å²) in [7, 11) is -3.26. The van der Waals surface area contributed by atoms with E-state index in [1.54, 1.807) is 31.2 Å². The Hall–Kier alpha value is -3.12. The molecule has 2 aromatic rings. The molecule has 0 spiro atoms. The van der Waals surface area contributed by atoms with Gasteiger partial charge in [0.25, 0.3) is 0 Å². The van der Waals surface area contributed by atoms with Crippen molar-refractivity contribution in [2.45, 2.75) is 17.9 Å². The Balaban J connectivity index is 1.81. The number of rotatable bonds is 7. The van der Waals surface area contributed by atoms with Crippen molar-refractivity contribution in [2.24, 2.45) is 0 Å². The van der Waals surface area contributed by atoms with Crippen molar-refractivity contribution >= 4 is 21.6 Å². The second-order valence-electron chi connectivity index (χ2n) is 6.16. The highest BCUT2D eigenvalue weighted by Crippen LogP contribution is 2.17. The van der Waals surface area contributed by atoms with Crippen LogP contribution in [-0.4, -0.2) is 33.8 Å². The molecule has 0 aliphatic heterocycles. The maximum absolute atomic E-state index is 13.5. The average Bonchev–Trinajstić information content (AvgIpc) is 2.64. The molecule has 7 nitrogen and oxygen atoms in total. The molecule has 1 unspecified atom stereocenters. The standard InChI is InChI=1S/C19H21FN4O3S/c1-13(14-6-8-15(9-7-14)28(2,26)27)24-19(25)23-11-10-22-18-5-3-4-17(20)16(18)12-21/h3-9,13,22H,10-11H2,1-2H3,(H2,23,24,25). The first-order valence-corrected chi connectivity index (χ1v) is 10.4. The van der Waals surface area contributed by atoms with E-state index in [0.717, 1.165) is 11.8 Å². The van der Waals surface area contributed by atoms with Gasteiger partial charge in [0.05, 0.1) is 16.6 Å². The largest absolute Gasteiger partial charge is 0.382 e. The van der Waals surface area contributed by atoms with Crippen LogP contribution >= 0.6 is 0 Å². The molecule has 1 atom stereocenters. The fourth-order valence-electron chi connectivity index (χ4n) is 2.49. The molecule has 0 saturated carbocycles. The second kappa shape index (κ2) is 9.19. The molecule has 148 valence electrons. The molecule has 28 heavy (non-hydrogen) atoms. The fraction of sp³-hybridized carbons (Fsp3) is 0.263. The number of anilines is 1. The Morgan fingerprint density at radius 3 is 2.46 bits per heavy atom. The summed E-state index contributed by atoms with van der Waals surface area (Å²) in [4.78, 5) is 12.2. The molecule has 0 radical (unpaired) electrons. The minimum absolute atomic E-state index is 0.0712. The SMILES string of the molecule is CC(NC(=O)NCCNc1cccc(F)c1C#N)c1ccc(S(C)(=O)=O)cc1. The van der Waals surface area contributed by atoms with Gasteiger partial charge < -0.3 is 16.0 Å². The Bertz CT molecular complexity index is 985. The highest BCUT2D eigenvalue weighted by molar-refractivity contribution is 7.90. The Labute approximate surface area is 163 Å². The zero-order chi connectivity index (χ0) is 20.7. The van der Waals surface area contributed by atoms with Crippen molar-refractivity contribution in [2.75, 3.05) is 24.7 Å². The number of hydrogen-bond acceptors (Lipinski definition) is 5. The molecule has 2 amide bonds. The number of amides is 2. The second-order valence-corrected chi connectivity index (χ2v) is 8.18. The number of carbonyl (C=O) groups excluding carboxylic acids is 1. The van der Waals surface area contributed by atoms with Gasteiger partial charge >= 0.3 is 6.03 Å². The van der Waals surface area contributed by atoms with E-state index >= 15 is 0 Å². The number of sulfone groups is 1. The van der Waals surface area contributed by atoms with Crippen LogP contribution in [0.25, 0.3) is 0 Å². The van der Waals surface area contributed by atoms with Gasteiger partial charge in [-0.1, -0.05) is 18.2 Å². The summed E-state index contributed by atoms with van der Waals surface area (Å²) in [6, 6.07) is 11.7. The lowest BCUT2D eigenvalue weighted by Gasteiger charge is -2.16. The summed E-state index contributed by atoms with van der Waals surface area (Å²) in [5.74, 6) is -0.603. The molecule has 0 fully saturated rings. The maximum Gasteiger partial charge on any atom is 0.315 e. The van der Waals surface area contributed by atoms with E-state index in [9.17, 15) is 17.6 Å². The smallest absolute Gasteiger partial charge is 0.315 e. The van der Waals surface area contributed by atoms with E-state index in [2.05, 4.69) is 16.0 Å². The number of hydrogen-bond donors (Lipinski definition) is 3. The molecule has 9 heteroatoms. The molecular formula is C19H21FN4O3S. The molecule has 0 aliphatic carbocycles. The van der Waals surface area contributed by atoms with E-state index in [1.165, 1.54) is 24.3 Å². The molecule has 0 saturated heterocycles. The minimum Gasteiger partial charge on any atom is -0.382 e. The predicted molar refractivity (Wildman–Crippen MR) is 104 cm³/mol. The summed E-state index contributed by atoms with van der Waals surface area (Å²) in [6.07, 6.45) is 1.13. The van der Waals surface area contributed by atoms with Gasteiger partial charge in [-0.15, -0.1) is 0 Å². The lowest BCUT2D eigenvalue weighted by molar-refractivity contribution is 0.238. The Kier molecular flexibility index (Phi) is 6.95. The molecule has 0 heterocycles. The van der Waals surface area contributed by atoms with Crippen molar-refractivity contribution in [1.29, 1.82) is 5.26 Å². The van der Waals surface area contributed by atoms with Crippen molar-refractivity contribution in [3.8, 4) is 6.07 Å². The van der Waals surface area contributed by atoms with E-state index in [4.69, 9.17) is 5.26 Å². The quantitative estimate of drug-likeness (QED) is 0.614. The van der Waals surface area contributed by atoms with Crippen LogP contribution in [-0.2, 0) is 9.84 Å². The third-order valence-electron chi connectivity index (χ3n) is 4.01. The van der Waals surface area contributed by atoms with Crippen LogP contribution in [0.3, 0.4) is 0 Å². The molecule has 0 aliphatic rings.